The lowest BCUT2D eigenvalue weighted by Crippen LogP contribution is -2.29. The van der Waals surface area contributed by atoms with Gasteiger partial charge < -0.3 is 19.7 Å². The van der Waals surface area contributed by atoms with E-state index in [-0.39, 0.29) is 35.5 Å². The van der Waals surface area contributed by atoms with Crippen LogP contribution in [0.15, 0.2) is 72.3 Å². The summed E-state index contributed by atoms with van der Waals surface area (Å²) in [4.78, 5) is 27.9. The van der Waals surface area contributed by atoms with Crippen LogP contribution in [0.5, 0.6) is 17.2 Å². The molecule has 1 atom stereocenters. The number of benzene rings is 3. The van der Waals surface area contributed by atoms with E-state index < -0.39 is 17.7 Å². The Morgan fingerprint density at radius 1 is 1.05 bits per heavy atom. The summed E-state index contributed by atoms with van der Waals surface area (Å²) in [7, 11) is 0. The van der Waals surface area contributed by atoms with Crippen molar-refractivity contribution in [3.8, 4) is 23.3 Å². The predicted molar refractivity (Wildman–Crippen MR) is 137 cm³/mol. The zero-order valence-corrected chi connectivity index (χ0v) is 20.6. The first-order valence-electron chi connectivity index (χ1n) is 11.8. The van der Waals surface area contributed by atoms with Crippen LogP contribution >= 0.6 is 0 Å². The molecule has 0 bridgehead atoms. The minimum absolute atomic E-state index is 0.0359. The molecule has 188 valence electrons. The number of ether oxygens (including phenoxy) is 2. The summed E-state index contributed by atoms with van der Waals surface area (Å²) in [6.07, 6.45) is -0.0359. The van der Waals surface area contributed by atoms with E-state index in [4.69, 9.17) is 14.7 Å². The van der Waals surface area contributed by atoms with E-state index in [1.807, 2.05) is 19.9 Å². The Kier molecular flexibility index (Phi) is 7.16. The molecular weight excluding hydrogens is 472 g/mol. The molecule has 3 aromatic rings. The maximum absolute atomic E-state index is 13.3. The van der Waals surface area contributed by atoms with E-state index in [9.17, 15) is 19.8 Å². The first kappa shape index (κ1) is 25.3. The number of aromatic hydroxyl groups is 1. The van der Waals surface area contributed by atoms with Crippen molar-refractivity contribution >= 4 is 23.1 Å². The Bertz CT molecular complexity index is 1400. The van der Waals surface area contributed by atoms with Crippen LogP contribution in [0.1, 0.15) is 43.5 Å². The first-order chi connectivity index (χ1) is 17.7. The number of hydrogen-bond acceptors (Lipinski definition) is 7. The van der Waals surface area contributed by atoms with E-state index in [0.29, 0.717) is 28.1 Å². The smallest absolute Gasteiger partial charge is 0.300 e. The molecule has 8 nitrogen and oxygen atoms in total. The van der Waals surface area contributed by atoms with Crippen LogP contribution in [-0.2, 0) is 9.59 Å². The van der Waals surface area contributed by atoms with Crippen molar-refractivity contribution in [2.45, 2.75) is 32.9 Å². The number of carbonyl (C=O) groups is 2. The topological polar surface area (TPSA) is 120 Å². The van der Waals surface area contributed by atoms with Gasteiger partial charge in [-0.3, -0.25) is 14.5 Å². The Morgan fingerprint density at radius 2 is 1.73 bits per heavy atom. The van der Waals surface area contributed by atoms with Crippen LogP contribution in [0.25, 0.3) is 5.76 Å². The summed E-state index contributed by atoms with van der Waals surface area (Å²) in [5.74, 6) is -1.35. The molecule has 1 fully saturated rings. The third-order valence-corrected chi connectivity index (χ3v) is 5.82. The average Bonchev–Trinajstić information content (AvgIpc) is 3.15. The second-order valence-electron chi connectivity index (χ2n) is 8.68. The minimum atomic E-state index is -1.01. The molecule has 1 unspecified atom stereocenters. The van der Waals surface area contributed by atoms with Crippen LogP contribution in [-0.4, -0.2) is 34.6 Å². The van der Waals surface area contributed by atoms with E-state index in [0.717, 1.165) is 0 Å². The number of carbonyl (C=O) groups excluding carboxylic acids is 2. The molecule has 2 N–H and O–H groups in total. The Hall–Kier alpha value is -4.77. The molecule has 3 aromatic carbocycles. The molecule has 1 heterocycles. The molecule has 1 aliphatic rings. The van der Waals surface area contributed by atoms with Gasteiger partial charge in [-0.1, -0.05) is 6.07 Å². The molecule has 0 aliphatic carbocycles. The van der Waals surface area contributed by atoms with Gasteiger partial charge in [-0.2, -0.15) is 5.26 Å². The molecule has 0 radical (unpaired) electrons. The van der Waals surface area contributed by atoms with Crippen molar-refractivity contribution in [3.05, 3.63) is 89.0 Å². The molecule has 1 aliphatic heterocycles. The van der Waals surface area contributed by atoms with Gasteiger partial charge in [-0.15, -0.1) is 0 Å². The average molecular weight is 499 g/mol. The second-order valence-corrected chi connectivity index (χ2v) is 8.68. The number of nitrogens with zero attached hydrogens (tertiary/aromatic N) is 2. The van der Waals surface area contributed by atoms with Gasteiger partial charge >= 0.3 is 0 Å². The van der Waals surface area contributed by atoms with Crippen molar-refractivity contribution in [2.24, 2.45) is 0 Å². The highest BCUT2D eigenvalue weighted by Gasteiger charge is 2.47. The molecule has 1 amide bonds. The maximum atomic E-state index is 13.3. The first-order valence-corrected chi connectivity index (χ1v) is 11.8. The fourth-order valence-corrected chi connectivity index (χ4v) is 4.20. The summed E-state index contributed by atoms with van der Waals surface area (Å²) in [6.45, 7) is 5.85. The minimum Gasteiger partial charge on any atom is -0.507 e. The third-order valence-electron chi connectivity index (χ3n) is 5.82. The number of amides is 1. The Labute approximate surface area is 214 Å². The summed E-state index contributed by atoms with van der Waals surface area (Å²) >= 11 is 0. The number of anilines is 1. The Morgan fingerprint density at radius 3 is 2.32 bits per heavy atom. The molecule has 8 heteroatoms. The van der Waals surface area contributed by atoms with Crippen LogP contribution in [0, 0.1) is 11.3 Å². The number of phenolic OH excluding ortho intramolecular Hbond substituents is 1. The summed E-state index contributed by atoms with van der Waals surface area (Å²) in [5, 5.41) is 30.7. The standard InChI is InChI=1S/C29H26N2O6/c1-4-36-24-15-20(9-14-23(24)32)26-25(27(33)19-7-12-22(13-8-19)37-17(2)3)28(34)29(35)31(26)21-10-5-18(16-30)6-11-21/h5-15,17,26,32-33H,4H2,1-3H3/b27-25-. The van der Waals surface area contributed by atoms with E-state index in [1.54, 1.807) is 67.6 Å². The molecule has 0 saturated carbocycles. The second kappa shape index (κ2) is 10.5. The number of Topliss-reactive ketones (excluding diaryl/α,β-unsaturated/α-hetero) is 1. The van der Waals surface area contributed by atoms with E-state index in [1.165, 1.54) is 11.0 Å². The van der Waals surface area contributed by atoms with Gasteiger partial charge in [0.15, 0.2) is 11.5 Å². The maximum Gasteiger partial charge on any atom is 0.300 e. The highest BCUT2D eigenvalue weighted by atomic mass is 16.5. The van der Waals surface area contributed by atoms with Crippen LogP contribution in [0.3, 0.4) is 0 Å². The van der Waals surface area contributed by atoms with Crippen molar-refractivity contribution in [1.29, 1.82) is 5.26 Å². The predicted octanol–water partition coefficient (Wildman–Crippen LogP) is 5.08. The monoisotopic (exact) mass is 498 g/mol. The van der Waals surface area contributed by atoms with Crippen molar-refractivity contribution in [2.75, 3.05) is 11.5 Å². The van der Waals surface area contributed by atoms with Crippen molar-refractivity contribution in [1.82, 2.24) is 0 Å². The SMILES string of the molecule is CCOc1cc(C2/C(=C(/O)c3ccc(OC(C)C)cc3)C(=O)C(=O)N2c2ccc(C#N)cc2)ccc1O. The number of rotatable bonds is 7. The fourth-order valence-electron chi connectivity index (χ4n) is 4.20. The van der Waals surface area contributed by atoms with Gasteiger partial charge in [-0.25, -0.2) is 0 Å². The lowest BCUT2D eigenvalue weighted by Gasteiger charge is -2.26. The normalized spacial score (nSPS) is 16.6. The highest BCUT2D eigenvalue weighted by molar-refractivity contribution is 6.51. The van der Waals surface area contributed by atoms with Crippen LogP contribution in [0.4, 0.5) is 5.69 Å². The quantitative estimate of drug-likeness (QED) is 0.265. The van der Waals surface area contributed by atoms with Gasteiger partial charge in [0.25, 0.3) is 11.7 Å². The number of aliphatic hydroxyl groups is 1. The fraction of sp³-hybridized carbons (Fsp3) is 0.207. The number of ketones is 1. The zero-order chi connectivity index (χ0) is 26.7. The van der Waals surface area contributed by atoms with E-state index in [2.05, 4.69) is 0 Å². The highest BCUT2D eigenvalue weighted by Crippen LogP contribution is 2.44. The van der Waals surface area contributed by atoms with Crippen molar-refractivity contribution in [3.63, 3.8) is 0 Å². The van der Waals surface area contributed by atoms with Gasteiger partial charge in [0, 0.05) is 11.3 Å². The lowest BCUT2D eigenvalue weighted by atomic mass is 9.94. The zero-order valence-electron chi connectivity index (χ0n) is 20.6. The molecule has 1 saturated heterocycles. The van der Waals surface area contributed by atoms with Crippen molar-refractivity contribution < 1.29 is 29.3 Å². The number of phenols is 1. The third kappa shape index (κ3) is 4.98. The summed E-state index contributed by atoms with van der Waals surface area (Å²) in [5.41, 5.74) is 1.44. The number of nitriles is 1. The number of aliphatic hydroxyl groups excluding tert-OH is 1. The Balaban J connectivity index is 1.89. The molecule has 4 rings (SSSR count). The molecule has 0 spiro atoms. The van der Waals surface area contributed by atoms with Crippen LogP contribution < -0.4 is 14.4 Å². The largest absolute Gasteiger partial charge is 0.507 e. The van der Waals surface area contributed by atoms with Crippen LogP contribution in [0.2, 0.25) is 0 Å². The number of hydrogen-bond donors (Lipinski definition) is 2. The van der Waals surface area contributed by atoms with Gasteiger partial charge in [0.1, 0.15) is 11.5 Å². The molecule has 0 aromatic heterocycles. The van der Waals surface area contributed by atoms with Gasteiger partial charge in [0.2, 0.25) is 0 Å². The molecule has 37 heavy (non-hydrogen) atoms. The summed E-state index contributed by atoms with van der Waals surface area (Å²) < 4.78 is 11.2. The van der Waals surface area contributed by atoms with Gasteiger partial charge in [0.05, 0.1) is 36.0 Å². The van der Waals surface area contributed by atoms with Gasteiger partial charge in [-0.05, 0) is 87.0 Å². The molecular formula is C29H26N2O6. The lowest BCUT2D eigenvalue weighted by molar-refractivity contribution is -0.132. The van der Waals surface area contributed by atoms with E-state index >= 15 is 0 Å². The summed E-state index contributed by atoms with van der Waals surface area (Å²) in [6, 6.07) is 18.3.